The van der Waals surface area contributed by atoms with Crippen LogP contribution in [0.4, 0.5) is 0 Å². The minimum absolute atomic E-state index is 0.115. The lowest BCUT2D eigenvalue weighted by Crippen LogP contribution is -2.31. The van der Waals surface area contributed by atoms with Gasteiger partial charge in [-0.15, -0.1) is 0 Å². The SMILES string of the molecule is O=C(c1ccncc1)N1C[C@@H](O)[C@H](Oc2ccccc2)C1. The average molecular weight is 284 g/mol. The highest BCUT2D eigenvalue weighted by Gasteiger charge is 2.35. The number of β-amino-alcohol motifs (C(OH)–C–C–N with tert-alkyl or cyclic N) is 1. The lowest BCUT2D eigenvalue weighted by atomic mass is 10.2. The summed E-state index contributed by atoms with van der Waals surface area (Å²) < 4.78 is 5.75. The number of nitrogens with zero attached hydrogens (tertiary/aromatic N) is 2. The summed E-state index contributed by atoms with van der Waals surface area (Å²) in [6.45, 7) is 0.649. The number of aliphatic hydroxyl groups excluding tert-OH is 1. The molecule has 0 bridgehead atoms. The number of pyridine rings is 1. The van der Waals surface area contributed by atoms with E-state index in [1.807, 2.05) is 30.3 Å². The number of carbonyl (C=O) groups excluding carboxylic acids is 1. The molecule has 0 radical (unpaired) electrons. The number of likely N-dealkylation sites (tertiary alicyclic amines) is 1. The Hall–Kier alpha value is -2.40. The highest BCUT2D eigenvalue weighted by Crippen LogP contribution is 2.20. The van der Waals surface area contributed by atoms with Crippen molar-refractivity contribution >= 4 is 5.91 Å². The van der Waals surface area contributed by atoms with Crippen molar-refractivity contribution in [1.29, 1.82) is 0 Å². The number of rotatable bonds is 3. The Morgan fingerprint density at radius 3 is 2.57 bits per heavy atom. The Morgan fingerprint density at radius 1 is 1.14 bits per heavy atom. The quantitative estimate of drug-likeness (QED) is 0.924. The predicted octanol–water partition coefficient (Wildman–Crippen LogP) is 1.35. The van der Waals surface area contributed by atoms with Crippen LogP contribution in [0.2, 0.25) is 0 Å². The molecule has 1 aliphatic rings. The second-order valence-corrected chi connectivity index (χ2v) is 4.98. The molecule has 1 N–H and O–H groups in total. The van der Waals surface area contributed by atoms with Crippen LogP contribution in [-0.4, -0.2) is 46.2 Å². The Bertz CT molecular complexity index is 603. The van der Waals surface area contributed by atoms with E-state index < -0.39 is 12.2 Å². The number of benzene rings is 1. The fourth-order valence-corrected chi connectivity index (χ4v) is 2.39. The van der Waals surface area contributed by atoms with Crippen LogP contribution in [-0.2, 0) is 0 Å². The first-order chi connectivity index (χ1) is 10.2. The molecule has 1 saturated heterocycles. The maximum Gasteiger partial charge on any atom is 0.254 e. The van der Waals surface area contributed by atoms with Crippen LogP contribution in [0.3, 0.4) is 0 Å². The zero-order valence-corrected chi connectivity index (χ0v) is 11.4. The van der Waals surface area contributed by atoms with Crippen LogP contribution in [0.25, 0.3) is 0 Å². The smallest absolute Gasteiger partial charge is 0.254 e. The van der Waals surface area contributed by atoms with Crippen LogP contribution in [0, 0.1) is 0 Å². The van der Waals surface area contributed by atoms with E-state index in [0.29, 0.717) is 17.9 Å². The normalized spacial score (nSPS) is 21.3. The van der Waals surface area contributed by atoms with Crippen molar-refractivity contribution in [3.63, 3.8) is 0 Å². The summed E-state index contributed by atoms with van der Waals surface area (Å²) in [4.78, 5) is 17.8. The van der Waals surface area contributed by atoms with Crippen LogP contribution >= 0.6 is 0 Å². The van der Waals surface area contributed by atoms with Gasteiger partial charge in [0.1, 0.15) is 18.0 Å². The molecule has 1 fully saturated rings. The van der Waals surface area contributed by atoms with Crippen molar-refractivity contribution in [1.82, 2.24) is 9.88 Å². The van der Waals surface area contributed by atoms with Gasteiger partial charge in [0.05, 0.1) is 13.1 Å². The highest BCUT2D eigenvalue weighted by molar-refractivity contribution is 5.94. The van der Waals surface area contributed by atoms with Gasteiger partial charge in [-0.25, -0.2) is 0 Å². The topological polar surface area (TPSA) is 62.7 Å². The van der Waals surface area contributed by atoms with E-state index in [4.69, 9.17) is 4.74 Å². The van der Waals surface area contributed by atoms with Gasteiger partial charge >= 0.3 is 0 Å². The van der Waals surface area contributed by atoms with E-state index >= 15 is 0 Å². The molecule has 1 aromatic heterocycles. The van der Waals surface area contributed by atoms with Gasteiger partial charge in [-0.1, -0.05) is 18.2 Å². The van der Waals surface area contributed by atoms with Crippen molar-refractivity contribution in [2.24, 2.45) is 0 Å². The van der Waals surface area contributed by atoms with Crippen molar-refractivity contribution in [3.8, 4) is 5.75 Å². The first-order valence-electron chi connectivity index (χ1n) is 6.83. The number of hydrogen-bond donors (Lipinski definition) is 1. The van der Waals surface area contributed by atoms with Crippen molar-refractivity contribution < 1.29 is 14.6 Å². The molecule has 0 spiro atoms. The highest BCUT2D eigenvalue weighted by atomic mass is 16.5. The average Bonchev–Trinajstić information content (AvgIpc) is 2.89. The predicted molar refractivity (Wildman–Crippen MR) is 77.0 cm³/mol. The minimum Gasteiger partial charge on any atom is -0.486 e. The monoisotopic (exact) mass is 284 g/mol. The Balaban J connectivity index is 1.67. The van der Waals surface area contributed by atoms with Gasteiger partial charge in [0.15, 0.2) is 0 Å². The molecule has 0 unspecified atom stereocenters. The zero-order valence-electron chi connectivity index (χ0n) is 11.4. The molecular formula is C16H16N2O3. The molecule has 1 aromatic carbocycles. The molecule has 1 amide bonds. The molecule has 5 nitrogen and oxygen atoms in total. The molecule has 21 heavy (non-hydrogen) atoms. The van der Waals surface area contributed by atoms with Crippen LogP contribution < -0.4 is 4.74 Å². The number of aliphatic hydroxyl groups is 1. The molecule has 0 saturated carbocycles. The van der Waals surface area contributed by atoms with E-state index in [1.54, 1.807) is 29.4 Å². The van der Waals surface area contributed by atoms with E-state index in [9.17, 15) is 9.90 Å². The number of ether oxygens (including phenoxy) is 1. The summed E-state index contributed by atoms with van der Waals surface area (Å²) in [5, 5.41) is 10.1. The summed E-state index contributed by atoms with van der Waals surface area (Å²) in [7, 11) is 0. The Morgan fingerprint density at radius 2 is 1.86 bits per heavy atom. The second-order valence-electron chi connectivity index (χ2n) is 4.98. The molecule has 2 atom stereocenters. The number of aromatic nitrogens is 1. The third kappa shape index (κ3) is 3.03. The van der Waals surface area contributed by atoms with Crippen molar-refractivity contribution in [3.05, 3.63) is 60.4 Å². The van der Waals surface area contributed by atoms with Crippen LogP contribution in [0.1, 0.15) is 10.4 Å². The van der Waals surface area contributed by atoms with Gasteiger partial charge in [-0.2, -0.15) is 0 Å². The van der Waals surface area contributed by atoms with E-state index in [0.717, 1.165) is 0 Å². The fourth-order valence-electron chi connectivity index (χ4n) is 2.39. The second kappa shape index (κ2) is 5.93. The maximum atomic E-state index is 12.3. The summed E-state index contributed by atoms with van der Waals surface area (Å²) in [6, 6.07) is 12.6. The molecular weight excluding hydrogens is 268 g/mol. The van der Waals surface area contributed by atoms with Gasteiger partial charge in [0.2, 0.25) is 0 Å². The van der Waals surface area contributed by atoms with Gasteiger partial charge in [-0.3, -0.25) is 9.78 Å². The van der Waals surface area contributed by atoms with E-state index in [1.165, 1.54) is 0 Å². The van der Waals surface area contributed by atoms with Gasteiger partial charge in [0.25, 0.3) is 5.91 Å². The first kappa shape index (κ1) is 13.6. The largest absolute Gasteiger partial charge is 0.486 e. The summed E-state index contributed by atoms with van der Waals surface area (Å²) in [5.74, 6) is 0.579. The summed E-state index contributed by atoms with van der Waals surface area (Å²) in [5.41, 5.74) is 0.567. The zero-order chi connectivity index (χ0) is 14.7. The first-order valence-corrected chi connectivity index (χ1v) is 6.83. The van der Waals surface area contributed by atoms with Crippen molar-refractivity contribution in [2.45, 2.75) is 12.2 Å². The Labute approximate surface area is 122 Å². The van der Waals surface area contributed by atoms with Crippen LogP contribution in [0.5, 0.6) is 5.75 Å². The maximum absolute atomic E-state index is 12.3. The molecule has 0 aliphatic carbocycles. The molecule has 1 aliphatic heterocycles. The lowest BCUT2D eigenvalue weighted by Gasteiger charge is -2.17. The molecule has 5 heteroatoms. The van der Waals surface area contributed by atoms with Crippen molar-refractivity contribution in [2.75, 3.05) is 13.1 Å². The third-order valence-electron chi connectivity index (χ3n) is 3.48. The molecule has 2 heterocycles. The molecule has 3 rings (SSSR count). The fraction of sp³-hybridized carbons (Fsp3) is 0.250. The summed E-state index contributed by atoms with van der Waals surface area (Å²) >= 11 is 0. The molecule has 108 valence electrons. The minimum atomic E-state index is -0.684. The number of para-hydroxylation sites is 1. The number of hydrogen-bond acceptors (Lipinski definition) is 4. The molecule has 2 aromatic rings. The Kier molecular flexibility index (Phi) is 3.83. The van der Waals surface area contributed by atoms with E-state index in [-0.39, 0.29) is 12.5 Å². The van der Waals surface area contributed by atoms with Gasteiger partial charge in [0, 0.05) is 18.0 Å². The standard InChI is InChI=1S/C16H16N2O3/c19-14-10-18(16(20)12-6-8-17-9-7-12)11-15(14)21-13-4-2-1-3-5-13/h1-9,14-15,19H,10-11H2/t14-,15-/m1/s1. The van der Waals surface area contributed by atoms with Gasteiger partial charge < -0.3 is 14.7 Å². The number of carbonyl (C=O) groups is 1. The third-order valence-corrected chi connectivity index (χ3v) is 3.48. The lowest BCUT2D eigenvalue weighted by molar-refractivity contribution is 0.0729. The summed E-state index contributed by atoms with van der Waals surface area (Å²) in [6.07, 6.45) is 2.07. The van der Waals surface area contributed by atoms with Crippen LogP contribution in [0.15, 0.2) is 54.9 Å². The van der Waals surface area contributed by atoms with Gasteiger partial charge in [-0.05, 0) is 24.3 Å². The van der Waals surface area contributed by atoms with E-state index in [2.05, 4.69) is 4.98 Å². The number of amides is 1.